The summed E-state index contributed by atoms with van der Waals surface area (Å²) in [4.78, 5) is -1.21. The van der Waals surface area contributed by atoms with E-state index in [4.69, 9.17) is 3.63 Å². The molecule has 374 valence electrons. The Hall–Kier alpha value is -4.26. The van der Waals surface area contributed by atoms with E-state index in [0.29, 0.717) is 0 Å². The molecule has 0 bridgehead atoms. The van der Waals surface area contributed by atoms with Crippen LogP contribution in [0.25, 0.3) is 0 Å². The van der Waals surface area contributed by atoms with Crippen LogP contribution in [0.3, 0.4) is 0 Å². The predicted molar refractivity (Wildman–Crippen MR) is 215 cm³/mol. The maximum atomic E-state index is 15.3. The van der Waals surface area contributed by atoms with Gasteiger partial charge in [-0.2, -0.15) is 47.9 Å². The molecule has 0 spiro atoms. The quantitative estimate of drug-likeness (QED) is 0.0681. The maximum absolute atomic E-state index is 15.3. The molecule has 5 aromatic carbocycles. The molecule has 0 unspecified atom stereocenters. The normalized spacial score (nSPS) is 14.7. The van der Waals surface area contributed by atoms with Crippen molar-refractivity contribution in [2.75, 3.05) is 0 Å². The van der Waals surface area contributed by atoms with Gasteiger partial charge in [0.05, 0.1) is 0 Å². The molecule has 0 amide bonds. The average Bonchev–Trinajstić information content (AvgIpc) is 3.25. The number of halogens is 19. The summed E-state index contributed by atoms with van der Waals surface area (Å²) in [5, 5.41) is -14.4. The van der Waals surface area contributed by atoms with Gasteiger partial charge < -0.3 is 0 Å². The Balaban J connectivity index is 1.55. The van der Waals surface area contributed by atoms with E-state index in [1.54, 1.807) is 0 Å². The summed E-state index contributed by atoms with van der Waals surface area (Å²) in [5.74, 6) is -30.4. The Kier molecular flexibility index (Phi) is 14.9. The molecule has 0 atom stereocenters. The van der Waals surface area contributed by atoms with Crippen LogP contribution in [0, 0.1) is 14.1 Å². The first-order valence-corrected chi connectivity index (χ1v) is 25.5. The van der Waals surface area contributed by atoms with Gasteiger partial charge in [-0.3, -0.25) is 0 Å². The van der Waals surface area contributed by atoms with Gasteiger partial charge in [0.15, 0.2) is 0 Å². The van der Waals surface area contributed by atoms with Gasteiger partial charge in [-0.25, -0.2) is 0 Å². The SMILES string of the molecule is Cc1ccccc1I(OS(=O)(=O)C(F)(F)C(F)(F)C(F)(F)C(F)(F)F)c1ccc(Cc2ccc(S(OS(=O)(=O)C(F)(F)C(F)(F)C(F)(F)C(F)(F)F)(c3ccccc3)c3ccccc3)cc2)cc1. The standard InChI is InChI=1S/C40H27F18IO6S3/c1-25-10-8-9-15-32(25)59(64-67(60,61)39(55,56)35(45,46)33(41,42)37(49,50)51)28-20-16-26(17-21-28)24-27-18-22-31(23-19-27)66(29-11-4-2-5-12-29,30-13-6-3-7-14-30)65-68(62,63)40(57,58)36(47,48)34(43,44)38(52,53)54/h2-23H,24H2,1H3. The summed E-state index contributed by atoms with van der Waals surface area (Å²) in [7, 11) is -19.2. The Morgan fingerprint density at radius 2 is 0.779 bits per heavy atom. The van der Waals surface area contributed by atoms with Gasteiger partial charge in [0, 0.05) is 0 Å². The zero-order valence-corrected chi connectivity index (χ0v) is 37.9. The third kappa shape index (κ3) is 9.39. The second kappa shape index (κ2) is 18.5. The van der Waals surface area contributed by atoms with Crippen molar-refractivity contribution >= 4 is 50.8 Å². The van der Waals surface area contributed by atoms with Gasteiger partial charge in [0.2, 0.25) is 0 Å². The number of benzene rings is 5. The Bertz CT molecular complexity index is 2760. The Morgan fingerprint density at radius 3 is 1.18 bits per heavy atom. The summed E-state index contributed by atoms with van der Waals surface area (Å²) in [6.45, 7) is 1.28. The van der Waals surface area contributed by atoms with Gasteiger partial charge in [-0.15, -0.1) is 0 Å². The van der Waals surface area contributed by atoms with Gasteiger partial charge in [-0.05, 0) is 0 Å². The van der Waals surface area contributed by atoms with E-state index in [1.165, 1.54) is 73.7 Å². The van der Waals surface area contributed by atoms with Crippen molar-refractivity contribution in [3.05, 3.63) is 157 Å². The third-order valence-electron chi connectivity index (χ3n) is 9.38. The molecule has 0 fully saturated rings. The van der Waals surface area contributed by atoms with Crippen molar-refractivity contribution in [2.24, 2.45) is 0 Å². The summed E-state index contributed by atoms with van der Waals surface area (Å²) >= 11 is -4.56. The molecular formula is C40H27F18IO6S3. The molecule has 0 aliphatic heterocycles. The molecule has 5 rings (SSSR count). The molecule has 0 saturated carbocycles. The number of aryl methyl sites for hydroxylation is 1. The fourth-order valence-corrected chi connectivity index (χ4v) is 18.3. The molecule has 0 radical (unpaired) electrons. The van der Waals surface area contributed by atoms with Crippen LogP contribution in [-0.4, -0.2) is 63.4 Å². The summed E-state index contributed by atoms with van der Waals surface area (Å²) in [5.41, 5.74) is 0.495. The van der Waals surface area contributed by atoms with Crippen LogP contribution in [0.2, 0.25) is 0 Å². The van der Waals surface area contributed by atoms with Crippen LogP contribution >= 0.6 is 30.5 Å². The molecule has 0 aliphatic rings. The molecule has 5 aromatic rings. The number of hydrogen-bond donors (Lipinski definition) is 0. The van der Waals surface area contributed by atoms with Gasteiger partial charge in [0.1, 0.15) is 0 Å². The zero-order chi connectivity index (χ0) is 51.4. The van der Waals surface area contributed by atoms with Gasteiger partial charge >= 0.3 is 300 Å². The molecule has 68 heavy (non-hydrogen) atoms. The molecule has 0 N–H and O–H groups in total. The molecule has 0 heterocycles. The third-order valence-corrected chi connectivity index (χ3v) is 22.4. The molecule has 0 aliphatic carbocycles. The first-order chi connectivity index (χ1) is 30.9. The minimum atomic E-state index is -7.65. The fraction of sp³-hybridized carbons (Fsp3) is 0.250. The van der Waals surface area contributed by atoms with Crippen molar-refractivity contribution in [1.29, 1.82) is 0 Å². The second-order valence-electron chi connectivity index (χ2n) is 14.0. The van der Waals surface area contributed by atoms with Crippen molar-refractivity contribution in [2.45, 2.75) is 74.6 Å². The minimum absolute atomic E-state index is 0.0884. The van der Waals surface area contributed by atoms with E-state index in [1.807, 2.05) is 0 Å². The molecule has 28 heteroatoms. The number of hydrogen-bond acceptors (Lipinski definition) is 6. The van der Waals surface area contributed by atoms with Crippen LogP contribution < -0.4 is 0 Å². The van der Waals surface area contributed by atoms with E-state index in [2.05, 4.69) is 2.51 Å². The van der Waals surface area contributed by atoms with E-state index >= 15 is 8.78 Å². The topological polar surface area (TPSA) is 86.7 Å². The van der Waals surface area contributed by atoms with Crippen LogP contribution in [0.1, 0.15) is 16.7 Å². The number of alkyl halides is 18. The zero-order valence-electron chi connectivity index (χ0n) is 33.3. The van der Waals surface area contributed by atoms with E-state index in [-0.39, 0.29) is 40.0 Å². The van der Waals surface area contributed by atoms with Crippen LogP contribution in [0.15, 0.2) is 148 Å². The van der Waals surface area contributed by atoms with Gasteiger partial charge in [0.25, 0.3) is 0 Å². The second-order valence-corrected chi connectivity index (χ2v) is 24.9. The van der Waals surface area contributed by atoms with Gasteiger partial charge in [-0.1, -0.05) is 36.4 Å². The van der Waals surface area contributed by atoms with Crippen molar-refractivity contribution < 1.29 is 102 Å². The summed E-state index contributed by atoms with van der Waals surface area (Å²) < 4.78 is 311. The molecule has 0 saturated heterocycles. The van der Waals surface area contributed by atoms with E-state index in [9.17, 15) is 87.1 Å². The van der Waals surface area contributed by atoms with E-state index < -0.39 is 102 Å². The monoisotopic (exact) mass is 1170 g/mol. The molecular weight excluding hydrogens is 1140 g/mol. The predicted octanol–water partition coefficient (Wildman–Crippen LogP) is 13.8. The summed E-state index contributed by atoms with van der Waals surface area (Å²) in [6.07, 6.45) is -14.9. The molecule has 6 nitrogen and oxygen atoms in total. The van der Waals surface area contributed by atoms with Crippen LogP contribution in [-0.2, 0) is 32.8 Å². The van der Waals surface area contributed by atoms with Crippen molar-refractivity contribution in [3.63, 3.8) is 0 Å². The first kappa shape index (κ1) is 54.7. The Morgan fingerprint density at radius 1 is 0.426 bits per heavy atom. The van der Waals surface area contributed by atoms with Crippen molar-refractivity contribution in [1.82, 2.24) is 0 Å². The molecule has 0 aromatic heterocycles. The van der Waals surface area contributed by atoms with Crippen LogP contribution in [0.5, 0.6) is 0 Å². The fourth-order valence-electron chi connectivity index (χ4n) is 5.77. The van der Waals surface area contributed by atoms with Crippen LogP contribution in [0.4, 0.5) is 79.0 Å². The average molecular weight is 1170 g/mol. The van der Waals surface area contributed by atoms with E-state index in [0.717, 1.165) is 66.7 Å². The Labute approximate surface area is 383 Å². The number of rotatable bonds is 17. The summed E-state index contributed by atoms with van der Waals surface area (Å²) in [6, 6.07) is 25.3. The van der Waals surface area contributed by atoms with Crippen molar-refractivity contribution in [3.8, 4) is 0 Å². The first-order valence-electron chi connectivity index (χ1n) is 18.1.